The Kier molecular flexibility index (Phi) is 3.47. The van der Waals surface area contributed by atoms with Gasteiger partial charge in [0.15, 0.2) is 6.04 Å². The Morgan fingerprint density at radius 3 is 2.71 bits per heavy atom. The molecule has 0 N–H and O–H groups in total. The fourth-order valence-corrected chi connectivity index (χ4v) is 2.21. The molecule has 1 aromatic carbocycles. The Morgan fingerprint density at radius 2 is 2.12 bits per heavy atom. The van der Waals surface area contributed by atoms with Gasteiger partial charge in [0.1, 0.15) is 4.62 Å². The predicted octanol–water partition coefficient (Wildman–Crippen LogP) is 2.46. The average Bonchev–Trinajstić information content (AvgIpc) is 2.71. The van der Waals surface area contributed by atoms with Gasteiger partial charge in [-0.05, 0) is 35.0 Å². The normalized spacial score (nSPS) is 19.1. The van der Waals surface area contributed by atoms with E-state index in [4.69, 9.17) is 4.74 Å². The number of ether oxygens (including phenoxy) is 1. The summed E-state index contributed by atoms with van der Waals surface area (Å²) in [5.41, 5.74) is 2.06. The van der Waals surface area contributed by atoms with E-state index >= 15 is 0 Å². The fraction of sp³-hybridized carbons (Fsp3) is 0.333. The number of carbonyl (C=O) groups is 1. The van der Waals surface area contributed by atoms with Gasteiger partial charge in [-0.15, -0.1) is 0 Å². The van der Waals surface area contributed by atoms with Gasteiger partial charge in [-0.1, -0.05) is 17.7 Å². The van der Waals surface area contributed by atoms with E-state index < -0.39 is 0 Å². The first-order chi connectivity index (χ1) is 8.11. The molecule has 0 amide bonds. The first-order valence-corrected chi connectivity index (χ1v) is 6.08. The second kappa shape index (κ2) is 4.87. The summed E-state index contributed by atoms with van der Waals surface area (Å²) in [5.74, 6) is -0.274. The Bertz CT molecular complexity index is 456. The van der Waals surface area contributed by atoms with Crippen molar-refractivity contribution in [1.29, 1.82) is 0 Å². The van der Waals surface area contributed by atoms with Crippen molar-refractivity contribution in [3.63, 3.8) is 0 Å². The minimum Gasteiger partial charge on any atom is -0.467 e. The van der Waals surface area contributed by atoms with Crippen molar-refractivity contribution < 1.29 is 9.53 Å². The van der Waals surface area contributed by atoms with Crippen LogP contribution in [0.3, 0.4) is 0 Å². The third kappa shape index (κ3) is 2.49. The molecule has 0 saturated heterocycles. The lowest BCUT2D eigenvalue weighted by atomic mass is 10.2. The summed E-state index contributed by atoms with van der Waals surface area (Å²) < 4.78 is 5.54. The zero-order valence-electron chi connectivity index (χ0n) is 9.68. The quantitative estimate of drug-likeness (QED) is 0.787. The molecule has 0 fully saturated rings. The number of methoxy groups -OCH3 is 1. The average molecular weight is 297 g/mol. The minimum atomic E-state index is -0.378. The number of hydrogen-bond donors (Lipinski definition) is 0. The van der Waals surface area contributed by atoms with Gasteiger partial charge in [-0.25, -0.2) is 4.79 Å². The van der Waals surface area contributed by atoms with Crippen molar-refractivity contribution in [3.8, 4) is 0 Å². The number of halogens is 1. The van der Waals surface area contributed by atoms with E-state index in [1.165, 1.54) is 12.7 Å². The molecule has 0 bridgehead atoms. The van der Waals surface area contributed by atoms with Crippen molar-refractivity contribution in [2.75, 3.05) is 12.1 Å². The molecule has 5 heteroatoms. The third-order valence-electron chi connectivity index (χ3n) is 2.65. The molecule has 1 aliphatic heterocycles. The Labute approximate surface area is 108 Å². The summed E-state index contributed by atoms with van der Waals surface area (Å²) in [7, 11) is 1.39. The highest BCUT2D eigenvalue weighted by atomic mass is 79.9. The molecular formula is C12H13BrN2O2. The summed E-state index contributed by atoms with van der Waals surface area (Å²) in [4.78, 5) is 11.7. The lowest BCUT2D eigenvalue weighted by Crippen LogP contribution is -2.35. The maximum absolute atomic E-state index is 11.7. The number of benzene rings is 1. The molecule has 1 heterocycles. The van der Waals surface area contributed by atoms with Crippen molar-refractivity contribution in [1.82, 2.24) is 0 Å². The van der Waals surface area contributed by atoms with Gasteiger partial charge in [-0.3, -0.25) is 5.01 Å². The van der Waals surface area contributed by atoms with E-state index in [0.717, 1.165) is 10.3 Å². The van der Waals surface area contributed by atoms with Crippen LogP contribution in [0.15, 0.2) is 29.4 Å². The van der Waals surface area contributed by atoms with Gasteiger partial charge in [0.2, 0.25) is 0 Å². The van der Waals surface area contributed by atoms with Gasteiger partial charge < -0.3 is 4.74 Å². The molecule has 2 rings (SSSR count). The van der Waals surface area contributed by atoms with Crippen LogP contribution >= 0.6 is 15.9 Å². The lowest BCUT2D eigenvalue weighted by Gasteiger charge is -2.21. The Hall–Kier alpha value is -1.36. The highest BCUT2D eigenvalue weighted by Crippen LogP contribution is 2.27. The lowest BCUT2D eigenvalue weighted by molar-refractivity contribution is -0.141. The molecule has 1 atom stereocenters. The topological polar surface area (TPSA) is 41.9 Å². The molecule has 1 aromatic rings. The molecule has 1 aliphatic rings. The van der Waals surface area contributed by atoms with Crippen molar-refractivity contribution in [2.24, 2.45) is 5.10 Å². The molecule has 17 heavy (non-hydrogen) atoms. The number of carbonyl (C=O) groups excluding carboxylic acids is 1. The molecule has 0 radical (unpaired) electrons. The molecule has 4 nitrogen and oxygen atoms in total. The zero-order valence-corrected chi connectivity index (χ0v) is 11.3. The van der Waals surface area contributed by atoms with E-state index in [-0.39, 0.29) is 12.0 Å². The molecule has 0 saturated carbocycles. The number of nitrogens with zero attached hydrogens (tertiary/aromatic N) is 2. The maximum Gasteiger partial charge on any atom is 0.331 e. The first-order valence-electron chi connectivity index (χ1n) is 5.28. The highest BCUT2D eigenvalue weighted by molar-refractivity contribution is 9.18. The first kappa shape index (κ1) is 12.1. The van der Waals surface area contributed by atoms with E-state index in [0.29, 0.717) is 6.42 Å². The van der Waals surface area contributed by atoms with Gasteiger partial charge in [0.25, 0.3) is 0 Å². The molecule has 0 aliphatic carbocycles. The standard InChI is InChI=1S/C12H13BrN2O2/c1-8-3-5-9(6-4-8)15-10(12(16)17-2)7-11(13)14-15/h3-6,10H,7H2,1-2H3. The summed E-state index contributed by atoms with van der Waals surface area (Å²) >= 11 is 3.33. The molecular weight excluding hydrogens is 284 g/mol. The molecule has 1 unspecified atom stereocenters. The number of hydrogen-bond acceptors (Lipinski definition) is 4. The van der Waals surface area contributed by atoms with E-state index in [2.05, 4.69) is 21.0 Å². The second-order valence-electron chi connectivity index (χ2n) is 3.90. The SMILES string of the molecule is COC(=O)C1CC(Br)=NN1c1ccc(C)cc1. The Balaban J connectivity index is 2.28. The van der Waals surface area contributed by atoms with Gasteiger partial charge in [-0.2, -0.15) is 5.10 Å². The number of anilines is 1. The van der Waals surface area contributed by atoms with Crippen LogP contribution in [0.5, 0.6) is 0 Å². The minimum absolute atomic E-state index is 0.274. The van der Waals surface area contributed by atoms with Crippen LogP contribution < -0.4 is 5.01 Å². The van der Waals surface area contributed by atoms with Crippen LogP contribution in [-0.4, -0.2) is 23.7 Å². The highest BCUT2D eigenvalue weighted by Gasteiger charge is 2.33. The van der Waals surface area contributed by atoms with Crippen LogP contribution in [0.25, 0.3) is 0 Å². The number of aryl methyl sites for hydroxylation is 1. The van der Waals surface area contributed by atoms with Gasteiger partial charge in [0, 0.05) is 6.42 Å². The smallest absolute Gasteiger partial charge is 0.331 e. The van der Waals surface area contributed by atoms with Crippen LogP contribution in [0, 0.1) is 6.92 Å². The van der Waals surface area contributed by atoms with Crippen LogP contribution in [0.4, 0.5) is 5.69 Å². The number of rotatable bonds is 2. The van der Waals surface area contributed by atoms with Crippen LogP contribution in [0.2, 0.25) is 0 Å². The fourth-order valence-electron chi connectivity index (χ4n) is 1.73. The summed E-state index contributed by atoms with van der Waals surface area (Å²) in [5, 5.41) is 5.99. The number of hydrazone groups is 1. The zero-order chi connectivity index (χ0) is 12.4. The van der Waals surface area contributed by atoms with Gasteiger partial charge in [0.05, 0.1) is 12.8 Å². The number of esters is 1. The third-order valence-corrected chi connectivity index (χ3v) is 3.13. The summed E-state index contributed by atoms with van der Waals surface area (Å²) in [6.45, 7) is 2.02. The van der Waals surface area contributed by atoms with E-state index in [1.807, 2.05) is 31.2 Å². The largest absolute Gasteiger partial charge is 0.467 e. The predicted molar refractivity (Wildman–Crippen MR) is 70.4 cm³/mol. The molecule has 0 aromatic heterocycles. The van der Waals surface area contributed by atoms with Crippen LogP contribution in [0.1, 0.15) is 12.0 Å². The summed E-state index contributed by atoms with van der Waals surface area (Å²) in [6, 6.07) is 7.49. The molecule has 0 spiro atoms. The van der Waals surface area contributed by atoms with Crippen molar-refractivity contribution in [3.05, 3.63) is 29.8 Å². The van der Waals surface area contributed by atoms with E-state index in [1.54, 1.807) is 5.01 Å². The second-order valence-corrected chi connectivity index (χ2v) is 4.81. The van der Waals surface area contributed by atoms with Gasteiger partial charge >= 0.3 is 5.97 Å². The summed E-state index contributed by atoms with van der Waals surface area (Å²) in [6.07, 6.45) is 0.542. The Morgan fingerprint density at radius 1 is 1.47 bits per heavy atom. The monoisotopic (exact) mass is 296 g/mol. The maximum atomic E-state index is 11.7. The van der Waals surface area contributed by atoms with Crippen molar-refractivity contribution >= 4 is 32.2 Å². The van der Waals surface area contributed by atoms with Crippen molar-refractivity contribution in [2.45, 2.75) is 19.4 Å². The van der Waals surface area contributed by atoms with Crippen LogP contribution in [-0.2, 0) is 9.53 Å². The van der Waals surface area contributed by atoms with E-state index in [9.17, 15) is 4.79 Å². The molecule has 90 valence electrons.